The number of halogens is 4. The standard InChI is InChI=1S/C28H30F4N4O3/c1-4-35-22-15-36(21(13-16(2)3)25(37)33-14-17-9-11-18(29)12-10-17)26(38)23(22)24(34-27(35)39)19-7-5-6-8-20(19)28(30,31)32/h5-12,16,21,24H,4,13-15H2,1-3H3,(H,33,37)(H,34,39). The van der Waals surface area contributed by atoms with Gasteiger partial charge in [-0.15, -0.1) is 0 Å². The highest BCUT2D eigenvalue weighted by atomic mass is 19.4. The number of alkyl halides is 3. The van der Waals surface area contributed by atoms with Crippen molar-refractivity contribution in [3.8, 4) is 0 Å². The highest BCUT2D eigenvalue weighted by Crippen LogP contribution is 2.42. The number of rotatable bonds is 8. The zero-order chi connectivity index (χ0) is 28.5. The van der Waals surface area contributed by atoms with Gasteiger partial charge in [0.2, 0.25) is 5.91 Å². The molecule has 2 atom stereocenters. The van der Waals surface area contributed by atoms with E-state index in [-0.39, 0.29) is 42.4 Å². The summed E-state index contributed by atoms with van der Waals surface area (Å²) in [4.78, 5) is 42.9. The van der Waals surface area contributed by atoms with Crippen LogP contribution >= 0.6 is 0 Å². The van der Waals surface area contributed by atoms with Crippen molar-refractivity contribution in [3.05, 3.63) is 82.3 Å². The minimum Gasteiger partial charge on any atom is -0.350 e. The predicted molar refractivity (Wildman–Crippen MR) is 135 cm³/mol. The van der Waals surface area contributed by atoms with Gasteiger partial charge in [0.25, 0.3) is 5.91 Å². The van der Waals surface area contributed by atoms with Gasteiger partial charge < -0.3 is 15.5 Å². The Morgan fingerprint density at radius 2 is 1.77 bits per heavy atom. The lowest BCUT2D eigenvalue weighted by Gasteiger charge is -2.33. The van der Waals surface area contributed by atoms with Crippen LogP contribution in [0, 0.1) is 11.7 Å². The Morgan fingerprint density at radius 1 is 1.10 bits per heavy atom. The Hall–Kier alpha value is -3.89. The van der Waals surface area contributed by atoms with E-state index in [1.807, 2.05) is 13.8 Å². The minimum atomic E-state index is -4.70. The van der Waals surface area contributed by atoms with Crippen LogP contribution in [0.25, 0.3) is 0 Å². The molecule has 0 aromatic heterocycles. The summed E-state index contributed by atoms with van der Waals surface area (Å²) >= 11 is 0. The summed E-state index contributed by atoms with van der Waals surface area (Å²) in [6.45, 7) is 5.67. The number of hydrogen-bond acceptors (Lipinski definition) is 3. The molecule has 39 heavy (non-hydrogen) atoms. The van der Waals surface area contributed by atoms with Crippen molar-refractivity contribution in [1.82, 2.24) is 20.4 Å². The van der Waals surface area contributed by atoms with Crippen molar-refractivity contribution in [3.63, 3.8) is 0 Å². The second-order valence-corrected chi connectivity index (χ2v) is 9.99. The van der Waals surface area contributed by atoms with Crippen molar-refractivity contribution in [2.45, 2.75) is 52.0 Å². The van der Waals surface area contributed by atoms with E-state index in [1.54, 1.807) is 6.92 Å². The normalized spacial score (nSPS) is 18.4. The Kier molecular flexibility index (Phi) is 7.99. The summed E-state index contributed by atoms with van der Waals surface area (Å²) in [6, 6.07) is 7.57. The molecule has 2 N–H and O–H groups in total. The van der Waals surface area contributed by atoms with Gasteiger partial charge in [-0.1, -0.05) is 44.2 Å². The van der Waals surface area contributed by atoms with Gasteiger partial charge in [-0.3, -0.25) is 14.5 Å². The highest BCUT2D eigenvalue weighted by Gasteiger charge is 2.48. The van der Waals surface area contributed by atoms with E-state index < -0.39 is 47.5 Å². The second kappa shape index (κ2) is 11.1. The van der Waals surface area contributed by atoms with Gasteiger partial charge in [0.1, 0.15) is 11.9 Å². The van der Waals surface area contributed by atoms with Crippen molar-refractivity contribution < 1.29 is 31.9 Å². The Balaban J connectivity index is 1.68. The van der Waals surface area contributed by atoms with Crippen LogP contribution in [0.4, 0.5) is 22.4 Å². The molecule has 2 aliphatic heterocycles. The first-order valence-corrected chi connectivity index (χ1v) is 12.7. The third kappa shape index (κ3) is 5.76. The molecule has 0 fully saturated rings. The smallest absolute Gasteiger partial charge is 0.350 e. The number of carbonyl (C=O) groups is 3. The number of likely N-dealkylation sites (N-methyl/N-ethyl adjacent to an activating group) is 1. The van der Waals surface area contributed by atoms with Gasteiger partial charge in [-0.2, -0.15) is 13.2 Å². The summed E-state index contributed by atoms with van der Waals surface area (Å²) < 4.78 is 54.9. The molecule has 2 aromatic rings. The lowest BCUT2D eigenvalue weighted by Crippen LogP contribution is -2.49. The van der Waals surface area contributed by atoms with Gasteiger partial charge >= 0.3 is 12.2 Å². The number of benzene rings is 2. The lowest BCUT2D eigenvalue weighted by molar-refractivity contribution is -0.139. The maximum atomic E-state index is 13.9. The average Bonchev–Trinajstić information content (AvgIpc) is 3.22. The second-order valence-electron chi connectivity index (χ2n) is 9.99. The lowest BCUT2D eigenvalue weighted by atomic mass is 9.91. The molecular weight excluding hydrogens is 516 g/mol. The van der Waals surface area contributed by atoms with Crippen LogP contribution in [0.2, 0.25) is 0 Å². The SMILES string of the molecule is CCN1C(=O)NC(c2ccccc2C(F)(F)F)C2=C1CN(C(CC(C)C)C(=O)NCc1ccc(F)cc1)C2=O. The molecule has 0 radical (unpaired) electrons. The number of hydrogen-bond donors (Lipinski definition) is 2. The highest BCUT2D eigenvalue weighted by molar-refractivity contribution is 6.03. The molecule has 0 spiro atoms. The molecule has 2 heterocycles. The molecule has 4 rings (SSSR count). The third-order valence-electron chi connectivity index (χ3n) is 6.90. The summed E-state index contributed by atoms with van der Waals surface area (Å²) in [5, 5.41) is 5.37. The molecular formula is C28H30F4N4O3. The zero-order valence-electron chi connectivity index (χ0n) is 21.8. The number of nitrogens with one attached hydrogen (secondary N) is 2. The van der Waals surface area contributed by atoms with E-state index in [9.17, 15) is 31.9 Å². The Bertz CT molecular complexity index is 1290. The summed E-state index contributed by atoms with van der Waals surface area (Å²) in [7, 11) is 0. The molecule has 0 aliphatic carbocycles. The topological polar surface area (TPSA) is 81.8 Å². The van der Waals surface area contributed by atoms with E-state index in [4.69, 9.17) is 0 Å². The van der Waals surface area contributed by atoms with Crippen LogP contribution in [0.15, 0.2) is 59.8 Å². The molecule has 2 aromatic carbocycles. The monoisotopic (exact) mass is 546 g/mol. The predicted octanol–water partition coefficient (Wildman–Crippen LogP) is 4.76. The van der Waals surface area contributed by atoms with E-state index in [0.717, 1.165) is 6.07 Å². The van der Waals surface area contributed by atoms with Gasteiger partial charge in [0.05, 0.1) is 29.4 Å². The molecule has 208 valence electrons. The fraction of sp³-hybridized carbons (Fsp3) is 0.393. The Labute approximate surface area is 223 Å². The first-order chi connectivity index (χ1) is 18.4. The molecule has 2 aliphatic rings. The average molecular weight is 547 g/mol. The van der Waals surface area contributed by atoms with Crippen molar-refractivity contribution in [2.24, 2.45) is 5.92 Å². The first-order valence-electron chi connectivity index (χ1n) is 12.7. The largest absolute Gasteiger partial charge is 0.416 e. The van der Waals surface area contributed by atoms with E-state index in [0.29, 0.717) is 12.0 Å². The fourth-order valence-corrected chi connectivity index (χ4v) is 5.07. The van der Waals surface area contributed by atoms with Crippen LogP contribution in [-0.4, -0.2) is 46.8 Å². The van der Waals surface area contributed by atoms with Crippen molar-refractivity contribution in [2.75, 3.05) is 13.1 Å². The van der Waals surface area contributed by atoms with E-state index in [2.05, 4.69) is 10.6 Å². The molecule has 0 saturated carbocycles. The fourth-order valence-electron chi connectivity index (χ4n) is 5.07. The maximum absolute atomic E-state index is 13.9. The van der Waals surface area contributed by atoms with Crippen molar-refractivity contribution >= 4 is 17.8 Å². The number of amides is 4. The Morgan fingerprint density at radius 3 is 2.38 bits per heavy atom. The molecule has 0 bridgehead atoms. The molecule has 0 saturated heterocycles. The summed E-state index contributed by atoms with van der Waals surface area (Å²) in [5.41, 5.74) is -0.220. The van der Waals surface area contributed by atoms with Gasteiger partial charge in [-0.05, 0) is 48.6 Å². The summed E-state index contributed by atoms with van der Waals surface area (Å²) in [5.74, 6) is -1.46. The molecule has 4 amide bonds. The number of urea groups is 1. The van der Waals surface area contributed by atoms with Gasteiger partial charge in [0.15, 0.2) is 0 Å². The van der Waals surface area contributed by atoms with Gasteiger partial charge in [0, 0.05) is 13.1 Å². The first kappa shape index (κ1) is 28.1. The van der Waals surface area contributed by atoms with Crippen LogP contribution in [0.1, 0.15) is 49.9 Å². The maximum Gasteiger partial charge on any atom is 0.416 e. The zero-order valence-corrected chi connectivity index (χ0v) is 21.8. The molecule has 2 unspecified atom stereocenters. The molecule has 7 nitrogen and oxygen atoms in total. The van der Waals surface area contributed by atoms with Gasteiger partial charge in [-0.25, -0.2) is 9.18 Å². The van der Waals surface area contributed by atoms with Crippen LogP contribution in [-0.2, 0) is 22.3 Å². The van der Waals surface area contributed by atoms with Crippen molar-refractivity contribution in [1.29, 1.82) is 0 Å². The summed E-state index contributed by atoms with van der Waals surface area (Å²) in [6.07, 6.45) is -4.41. The number of carbonyl (C=O) groups excluding carboxylic acids is 3. The van der Waals surface area contributed by atoms with E-state index in [1.165, 1.54) is 52.3 Å². The molecule has 11 heteroatoms. The minimum absolute atomic E-state index is 0.000728. The third-order valence-corrected chi connectivity index (χ3v) is 6.90. The van der Waals surface area contributed by atoms with E-state index >= 15 is 0 Å². The van der Waals surface area contributed by atoms with Crippen LogP contribution in [0.3, 0.4) is 0 Å². The van der Waals surface area contributed by atoms with Crippen LogP contribution < -0.4 is 10.6 Å². The van der Waals surface area contributed by atoms with Crippen LogP contribution in [0.5, 0.6) is 0 Å². The number of nitrogens with zero attached hydrogens (tertiary/aromatic N) is 2. The quantitative estimate of drug-likeness (QED) is 0.469.